The summed E-state index contributed by atoms with van der Waals surface area (Å²) in [6, 6.07) is 7.09. The summed E-state index contributed by atoms with van der Waals surface area (Å²) >= 11 is 0. The van der Waals surface area contributed by atoms with Crippen molar-refractivity contribution in [3.8, 4) is 0 Å². The average molecular weight is 259 g/mol. The highest BCUT2D eigenvalue weighted by molar-refractivity contribution is 5.32. The molecular formula is C18H29N. The second-order valence-corrected chi connectivity index (χ2v) is 7.25. The molecule has 0 amide bonds. The molecule has 1 N–H and O–H groups in total. The molecule has 19 heavy (non-hydrogen) atoms. The van der Waals surface area contributed by atoms with Gasteiger partial charge in [0.1, 0.15) is 0 Å². The fourth-order valence-electron chi connectivity index (χ4n) is 3.76. The first kappa shape index (κ1) is 14.6. The molecule has 2 rings (SSSR count). The zero-order valence-corrected chi connectivity index (χ0v) is 13.2. The normalized spacial score (nSPS) is 26.4. The molecule has 1 fully saturated rings. The topological polar surface area (TPSA) is 12.0 Å². The highest BCUT2D eigenvalue weighted by Gasteiger charge is 2.35. The van der Waals surface area contributed by atoms with E-state index >= 15 is 0 Å². The van der Waals surface area contributed by atoms with Crippen molar-refractivity contribution in [2.45, 2.75) is 52.9 Å². The van der Waals surface area contributed by atoms with Crippen molar-refractivity contribution < 1.29 is 0 Å². The smallest absolute Gasteiger partial charge is 0.00177 e. The van der Waals surface area contributed by atoms with E-state index < -0.39 is 0 Å². The zero-order chi connectivity index (χ0) is 14.0. The second-order valence-electron chi connectivity index (χ2n) is 7.25. The van der Waals surface area contributed by atoms with E-state index in [0.29, 0.717) is 5.41 Å². The zero-order valence-electron chi connectivity index (χ0n) is 13.2. The lowest BCUT2D eigenvalue weighted by atomic mass is 9.65. The predicted molar refractivity (Wildman–Crippen MR) is 83.7 cm³/mol. The Morgan fingerprint density at radius 3 is 2.37 bits per heavy atom. The predicted octanol–water partition coefficient (Wildman–Crippen LogP) is 4.43. The first-order chi connectivity index (χ1) is 8.91. The molecule has 0 heterocycles. The molecule has 0 spiro atoms. The summed E-state index contributed by atoms with van der Waals surface area (Å²) in [6.45, 7) is 10.4. The van der Waals surface area contributed by atoms with E-state index in [1.807, 2.05) is 0 Å². The Kier molecular flexibility index (Phi) is 4.35. The van der Waals surface area contributed by atoms with Crippen molar-refractivity contribution in [2.75, 3.05) is 13.6 Å². The van der Waals surface area contributed by atoms with Crippen molar-refractivity contribution in [1.29, 1.82) is 0 Å². The molecule has 106 valence electrons. The van der Waals surface area contributed by atoms with Gasteiger partial charge in [-0.2, -0.15) is 0 Å². The molecule has 0 radical (unpaired) electrons. The minimum atomic E-state index is 0.493. The molecule has 0 aliphatic heterocycles. The molecule has 2 unspecified atom stereocenters. The third-order valence-electron chi connectivity index (χ3n) is 4.67. The van der Waals surface area contributed by atoms with Gasteiger partial charge >= 0.3 is 0 Å². The van der Waals surface area contributed by atoms with Crippen LogP contribution < -0.4 is 5.32 Å². The van der Waals surface area contributed by atoms with Crippen LogP contribution in [0.25, 0.3) is 0 Å². The van der Waals surface area contributed by atoms with Gasteiger partial charge in [0.05, 0.1) is 0 Å². The van der Waals surface area contributed by atoms with Crippen molar-refractivity contribution in [2.24, 2.45) is 11.3 Å². The summed E-state index contributed by atoms with van der Waals surface area (Å²) in [5.41, 5.74) is 4.86. The molecule has 0 bridgehead atoms. The van der Waals surface area contributed by atoms with E-state index in [1.54, 1.807) is 5.56 Å². The maximum Gasteiger partial charge on any atom is -0.00177 e. The molecule has 1 nitrogen and oxygen atoms in total. The standard InChI is InChI=1S/C18H29N/c1-13-8-14(2)10-16(9-13)17-11-18(3,4)7-6-15(17)12-19-5/h8-10,15,17,19H,6-7,11-12H2,1-5H3. The molecule has 0 aromatic heterocycles. The highest BCUT2D eigenvalue weighted by atomic mass is 14.8. The van der Waals surface area contributed by atoms with Gasteiger partial charge in [-0.3, -0.25) is 0 Å². The third-order valence-corrected chi connectivity index (χ3v) is 4.67. The van der Waals surface area contributed by atoms with Crippen LogP contribution in [0, 0.1) is 25.2 Å². The van der Waals surface area contributed by atoms with Gasteiger partial charge < -0.3 is 5.32 Å². The fraction of sp³-hybridized carbons (Fsp3) is 0.667. The number of nitrogens with one attached hydrogen (secondary N) is 1. The van der Waals surface area contributed by atoms with Crippen molar-refractivity contribution in [1.82, 2.24) is 5.32 Å². The Hall–Kier alpha value is -0.820. The van der Waals surface area contributed by atoms with Crippen LogP contribution in [0.2, 0.25) is 0 Å². The van der Waals surface area contributed by atoms with Gasteiger partial charge in [-0.1, -0.05) is 43.2 Å². The summed E-state index contributed by atoms with van der Waals surface area (Å²) in [5.74, 6) is 1.51. The van der Waals surface area contributed by atoms with Gasteiger partial charge in [0.2, 0.25) is 0 Å². The summed E-state index contributed by atoms with van der Waals surface area (Å²) < 4.78 is 0. The fourth-order valence-corrected chi connectivity index (χ4v) is 3.76. The lowest BCUT2D eigenvalue weighted by Crippen LogP contribution is -2.33. The van der Waals surface area contributed by atoms with E-state index in [1.165, 1.54) is 30.4 Å². The van der Waals surface area contributed by atoms with Crippen molar-refractivity contribution in [3.05, 3.63) is 34.9 Å². The summed E-state index contributed by atoms with van der Waals surface area (Å²) in [5, 5.41) is 3.39. The molecular weight excluding hydrogens is 230 g/mol. The maximum absolute atomic E-state index is 3.39. The average Bonchev–Trinajstić information content (AvgIpc) is 2.30. The molecule has 2 atom stereocenters. The summed E-state index contributed by atoms with van der Waals surface area (Å²) in [4.78, 5) is 0. The Bertz CT molecular complexity index is 413. The van der Waals surface area contributed by atoms with E-state index in [2.05, 4.69) is 58.3 Å². The van der Waals surface area contributed by atoms with Gasteiger partial charge in [-0.25, -0.2) is 0 Å². The van der Waals surface area contributed by atoms with E-state index in [9.17, 15) is 0 Å². The van der Waals surface area contributed by atoms with E-state index in [4.69, 9.17) is 0 Å². The van der Waals surface area contributed by atoms with Gasteiger partial charge in [-0.15, -0.1) is 0 Å². The van der Waals surface area contributed by atoms with Gasteiger partial charge in [0, 0.05) is 0 Å². The van der Waals surface area contributed by atoms with Gasteiger partial charge in [0.25, 0.3) is 0 Å². The van der Waals surface area contributed by atoms with Crippen molar-refractivity contribution in [3.63, 3.8) is 0 Å². The number of hydrogen-bond acceptors (Lipinski definition) is 1. The quantitative estimate of drug-likeness (QED) is 0.846. The number of hydrogen-bond donors (Lipinski definition) is 1. The lowest BCUT2D eigenvalue weighted by Gasteiger charge is -2.41. The number of rotatable bonds is 3. The summed E-state index contributed by atoms with van der Waals surface area (Å²) in [6.07, 6.45) is 4.04. The largest absolute Gasteiger partial charge is 0.319 e. The molecule has 1 aliphatic carbocycles. The molecule has 0 saturated heterocycles. The Labute approximate surface area is 118 Å². The van der Waals surface area contributed by atoms with Crippen LogP contribution in [0.3, 0.4) is 0 Å². The third kappa shape index (κ3) is 3.60. The Balaban J connectivity index is 2.30. The summed E-state index contributed by atoms with van der Waals surface area (Å²) in [7, 11) is 2.08. The van der Waals surface area contributed by atoms with Crippen LogP contribution in [-0.2, 0) is 0 Å². The Morgan fingerprint density at radius 2 is 1.79 bits per heavy atom. The van der Waals surface area contributed by atoms with Crippen LogP contribution in [0.15, 0.2) is 18.2 Å². The minimum absolute atomic E-state index is 0.493. The van der Waals surface area contributed by atoms with Crippen LogP contribution in [0.4, 0.5) is 0 Å². The van der Waals surface area contributed by atoms with E-state index in [-0.39, 0.29) is 0 Å². The van der Waals surface area contributed by atoms with Gasteiger partial charge in [-0.05, 0) is 69.5 Å². The molecule has 1 aromatic carbocycles. The van der Waals surface area contributed by atoms with Crippen LogP contribution in [-0.4, -0.2) is 13.6 Å². The van der Waals surface area contributed by atoms with E-state index in [0.717, 1.165) is 18.4 Å². The van der Waals surface area contributed by atoms with Crippen LogP contribution >= 0.6 is 0 Å². The maximum atomic E-state index is 3.39. The monoisotopic (exact) mass is 259 g/mol. The first-order valence-electron chi connectivity index (χ1n) is 7.64. The number of benzene rings is 1. The number of aryl methyl sites for hydroxylation is 2. The van der Waals surface area contributed by atoms with Crippen LogP contribution in [0.5, 0.6) is 0 Å². The second kappa shape index (κ2) is 5.66. The molecule has 1 aromatic rings. The lowest BCUT2D eigenvalue weighted by molar-refractivity contribution is 0.161. The van der Waals surface area contributed by atoms with Crippen LogP contribution in [0.1, 0.15) is 55.7 Å². The molecule has 1 heteroatoms. The molecule has 1 saturated carbocycles. The van der Waals surface area contributed by atoms with Crippen molar-refractivity contribution >= 4 is 0 Å². The first-order valence-corrected chi connectivity index (χ1v) is 7.64. The van der Waals surface area contributed by atoms with Gasteiger partial charge in [0.15, 0.2) is 0 Å². The minimum Gasteiger partial charge on any atom is -0.319 e. The Morgan fingerprint density at radius 1 is 1.16 bits per heavy atom. The highest BCUT2D eigenvalue weighted by Crippen LogP contribution is 2.46. The molecule has 1 aliphatic rings. The SMILES string of the molecule is CNCC1CCC(C)(C)CC1c1cc(C)cc(C)c1.